The Morgan fingerprint density at radius 1 is 0.682 bits per heavy atom. The zero-order valence-electron chi connectivity index (χ0n) is 14.2. The van der Waals surface area contributed by atoms with Crippen LogP contribution in [0.3, 0.4) is 0 Å². The maximum absolute atomic E-state index is 9.43. The second kappa shape index (κ2) is 19.9. The third-order valence-electron chi connectivity index (χ3n) is 3.36. The lowest BCUT2D eigenvalue weighted by molar-refractivity contribution is -0.147. The van der Waals surface area contributed by atoms with Crippen LogP contribution in [-0.2, 0) is 9.59 Å². The van der Waals surface area contributed by atoms with E-state index in [-0.39, 0.29) is 0 Å². The zero-order valence-corrected chi connectivity index (χ0v) is 14.2. The second-order valence-electron chi connectivity index (χ2n) is 5.64. The molecule has 0 rings (SSSR count). The molecule has 5 heteroatoms. The number of nitrogens with two attached hydrogens (primary N) is 1. The lowest BCUT2D eigenvalue weighted by Gasteiger charge is -2.01. The van der Waals surface area contributed by atoms with Crippen LogP contribution in [0.2, 0.25) is 0 Å². The summed E-state index contributed by atoms with van der Waals surface area (Å²) in [6.07, 6.45) is 16.1. The van der Waals surface area contributed by atoms with Crippen LogP contribution in [0.5, 0.6) is 0 Å². The predicted molar refractivity (Wildman–Crippen MR) is 90.0 cm³/mol. The zero-order chi connectivity index (χ0) is 17.1. The molecule has 0 amide bonds. The van der Waals surface area contributed by atoms with Gasteiger partial charge in [-0.1, -0.05) is 77.6 Å². The van der Waals surface area contributed by atoms with Crippen molar-refractivity contribution in [2.24, 2.45) is 5.73 Å². The third kappa shape index (κ3) is 27.3. The molecule has 0 aliphatic carbocycles. The summed E-state index contributed by atoms with van der Waals surface area (Å²) >= 11 is 0. The highest BCUT2D eigenvalue weighted by Crippen LogP contribution is 2.11. The van der Waals surface area contributed by atoms with Gasteiger partial charge in [-0.2, -0.15) is 0 Å². The van der Waals surface area contributed by atoms with E-state index in [4.69, 9.17) is 15.9 Å². The van der Waals surface area contributed by atoms with Crippen molar-refractivity contribution in [2.75, 3.05) is 6.54 Å². The number of unbranched alkanes of at least 4 members (excludes halogenated alkanes) is 11. The topological polar surface area (TPSA) is 101 Å². The first-order valence-electron chi connectivity index (χ1n) is 8.68. The molecule has 132 valence electrons. The molecule has 0 radical (unpaired) electrons. The van der Waals surface area contributed by atoms with E-state index in [2.05, 4.69) is 6.92 Å². The molecule has 0 heterocycles. The average molecular weight is 317 g/mol. The fourth-order valence-electron chi connectivity index (χ4n) is 2.11. The predicted octanol–water partition coefficient (Wildman–Crippen LogP) is 4.19. The number of hydrogen-bond donors (Lipinski definition) is 3. The summed E-state index contributed by atoms with van der Waals surface area (Å²) in [6, 6.07) is 0. The highest BCUT2D eigenvalue weighted by atomic mass is 16.4. The Hall–Kier alpha value is -1.10. The first-order valence-corrected chi connectivity index (χ1v) is 8.68. The molecule has 22 heavy (non-hydrogen) atoms. The quantitative estimate of drug-likeness (QED) is 0.329. The summed E-state index contributed by atoms with van der Waals surface area (Å²) in [7, 11) is 0. The molecule has 0 aromatic carbocycles. The van der Waals surface area contributed by atoms with Gasteiger partial charge >= 0.3 is 11.9 Å². The SMILES string of the molecule is CCCCCCCCCCCCCCN.O=C(O)CC(=O)O. The lowest BCUT2D eigenvalue weighted by Crippen LogP contribution is -2.03. The first kappa shape index (κ1) is 23.2. The molecule has 0 aliphatic rings. The van der Waals surface area contributed by atoms with E-state index < -0.39 is 18.4 Å². The lowest BCUT2D eigenvalue weighted by atomic mass is 10.1. The average Bonchev–Trinajstić information content (AvgIpc) is 2.44. The summed E-state index contributed by atoms with van der Waals surface area (Å²) in [5, 5.41) is 15.4. The smallest absolute Gasteiger partial charge is 0.314 e. The Labute approximate surface area is 135 Å². The van der Waals surface area contributed by atoms with Gasteiger partial charge in [0.2, 0.25) is 0 Å². The van der Waals surface area contributed by atoms with Gasteiger partial charge in [0.25, 0.3) is 0 Å². The number of carbonyl (C=O) groups is 2. The van der Waals surface area contributed by atoms with Gasteiger partial charge in [0.05, 0.1) is 0 Å². The number of hydrogen-bond acceptors (Lipinski definition) is 3. The van der Waals surface area contributed by atoms with Gasteiger partial charge in [-0.25, -0.2) is 0 Å². The fourth-order valence-corrected chi connectivity index (χ4v) is 2.11. The van der Waals surface area contributed by atoms with E-state index in [1.165, 1.54) is 77.0 Å². The van der Waals surface area contributed by atoms with Gasteiger partial charge < -0.3 is 15.9 Å². The largest absolute Gasteiger partial charge is 0.481 e. The van der Waals surface area contributed by atoms with E-state index in [0.29, 0.717) is 0 Å². The van der Waals surface area contributed by atoms with Crippen LogP contribution in [0.15, 0.2) is 0 Å². The summed E-state index contributed by atoms with van der Waals surface area (Å²) in [5.74, 6) is -2.62. The molecule has 0 atom stereocenters. The van der Waals surface area contributed by atoms with Gasteiger partial charge in [-0.15, -0.1) is 0 Å². The molecule has 4 N–H and O–H groups in total. The van der Waals surface area contributed by atoms with Crippen molar-refractivity contribution in [1.82, 2.24) is 0 Å². The molecule has 0 spiro atoms. The van der Waals surface area contributed by atoms with E-state index >= 15 is 0 Å². The van der Waals surface area contributed by atoms with Crippen LogP contribution in [0, 0.1) is 0 Å². The van der Waals surface area contributed by atoms with Gasteiger partial charge in [-0.05, 0) is 13.0 Å². The molecule has 0 unspecified atom stereocenters. The molecule has 0 aromatic heterocycles. The number of rotatable bonds is 14. The van der Waals surface area contributed by atoms with Crippen LogP contribution < -0.4 is 5.73 Å². The minimum absolute atomic E-state index is 0.806. The van der Waals surface area contributed by atoms with Gasteiger partial charge in [0, 0.05) is 0 Å². The van der Waals surface area contributed by atoms with Crippen LogP contribution in [0.1, 0.15) is 90.4 Å². The van der Waals surface area contributed by atoms with Crippen molar-refractivity contribution in [1.29, 1.82) is 0 Å². The minimum atomic E-state index is -1.31. The highest BCUT2D eigenvalue weighted by molar-refractivity contribution is 5.88. The number of carboxylic acid groups (broad SMARTS) is 2. The summed E-state index contributed by atoms with van der Waals surface area (Å²) in [4.78, 5) is 18.9. The van der Waals surface area contributed by atoms with Crippen molar-refractivity contribution >= 4 is 11.9 Å². The molecule has 0 saturated carbocycles. The van der Waals surface area contributed by atoms with E-state index in [9.17, 15) is 9.59 Å². The second-order valence-corrected chi connectivity index (χ2v) is 5.64. The third-order valence-corrected chi connectivity index (χ3v) is 3.36. The maximum Gasteiger partial charge on any atom is 0.314 e. The summed E-state index contributed by atoms with van der Waals surface area (Å²) in [6.45, 7) is 3.15. The Bertz CT molecular complexity index is 233. The van der Waals surface area contributed by atoms with Crippen LogP contribution in [0.25, 0.3) is 0 Å². The number of aliphatic carboxylic acids is 2. The molecule has 0 aliphatic heterocycles. The van der Waals surface area contributed by atoms with Crippen molar-refractivity contribution in [3.8, 4) is 0 Å². The monoisotopic (exact) mass is 317 g/mol. The molecule has 5 nitrogen and oxygen atoms in total. The summed E-state index contributed by atoms with van der Waals surface area (Å²) < 4.78 is 0. The maximum atomic E-state index is 9.43. The first-order chi connectivity index (χ1) is 10.5. The molecule has 0 aromatic rings. The Morgan fingerprint density at radius 2 is 1.00 bits per heavy atom. The van der Waals surface area contributed by atoms with Gasteiger partial charge in [-0.3, -0.25) is 9.59 Å². The molecule has 0 fully saturated rings. The normalized spacial score (nSPS) is 9.91. The summed E-state index contributed by atoms with van der Waals surface area (Å²) in [5.41, 5.74) is 5.45. The van der Waals surface area contributed by atoms with Crippen molar-refractivity contribution in [3.05, 3.63) is 0 Å². The van der Waals surface area contributed by atoms with Crippen LogP contribution >= 0.6 is 0 Å². The van der Waals surface area contributed by atoms with Crippen molar-refractivity contribution in [2.45, 2.75) is 90.4 Å². The number of carboxylic acids is 2. The van der Waals surface area contributed by atoms with Gasteiger partial charge in [0.1, 0.15) is 6.42 Å². The standard InChI is InChI=1S/C14H31N.C3H4O4/c1-2-3-4-5-6-7-8-9-10-11-12-13-14-15;4-2(5)1-3(6)7/h2-15H2,1H3;1H2,(H,4,5)(H,6,7). The van der Waals surface area contributed by atoms with Crippen LogP contribution in [-0.4, -0.2) is 28.7 Å². The highest BCUT2D eigenvalue weighted by Gasteiger charge is 2.01. The Balaban J connectivity index is 0. The molecular weight excluding hydrogens is 282 g/mol. The van der Waals surface area contributed by atoms with Crippen molar-refractivity contribution < 1.29 is 19.8 Å². The van der Waals surface area contributed by atoms with Crippen LogP contribution in [0.4, 0.5) is 0 Å². The Kier molecular flexibility index (Phi) is 21.0. The van der Waals surface area contributed by atoms with E-state index in [1.807, 2.05) is 0 Å². The molecule has 0 bridgehead atoms. The van der Waals surface area contributed by atoms with E-state index in [0.717, 1.165) is 6.54 Å². The molecule has 0 saturated heterocycles. The Morgan fingerprint density at radius 3 is 1.23 bits per heavy atom. The molecular formula is C17H35NO4. The van der Waals surface area contributed by atoms with Gasteiger partial charge in [0.15, 0.2) is 0 Å². The minimum Gasteiger partial charge on any atom is -0.481 e. The van der Waals surface area contributed by atoms with Crippen molar-refractivity contribution in [3.63, 3.8) is 0 Å². The fraction of sp³-hybridized carbons (Fsp3) is 0.882. The van der Waals surface area contributed by atoms with E-state index in [1.54, 1.807) is 0 Å².